The van der Waals surface area contributed by atoms with Gasteiger partial charge in [0.1, 0.15) is 5.75 Å². The summed E-state index contributed by atoms with van der Waals surface area (Å²) in [5, 5.41) is 0. The summed E-state index contributed by atoms with van der Waals surface area (Å²) in [4.78, 5) is 0. The molecule has 142 valence electrons. The van der Waals surface area contributed by atoms with Crippen LogP contribution in [-0.4, -0.2) is 6.61 Å². The molecule has 0 atom stereocenters. The van der Waals surface area contributed by atoms with Gasteiger partial charge in [0.25, 0.3) is 0 Å². The monoisotopic (exact) mass is 360 g/mol. The fourth-order valence-corrected chi connectivity index (χ4v) is 3.90. The lowest BCUT2D eigenvalue weighted by Crippen LogP contribution is -2.12. The van der Waals surface area contributed by atoms with Crippen LogP contribution in [-0.2, 0) is 6.42 Å². The molecule has 1 aliphatic carbocycles. The van der Waals surface area contributed by atoms with Crippen LogP contribution in [0.1, 0.15) is 75.0 Å². The molecule has 0 heterocycles. The van der Waals surface area contributed by atoms with Crippen molar-refractivity contribution in [3.8, 4) is 17.6 Å². The Morgan fingerprint density at radius 3 is 2.22 bits per heavy atom. The zero-order valence-electron chi connectivity index (χ0n) is 16.8. The molecule has 0 bridgehead atoms. The molecule has 0 radical (unpaired) electrons. The van der Waals surface area contributed by atoms with Gasteiger partial charge in [0.15, 0.2) is 0 Å². The SMILES string of the molecule is CCCCc1ccc(C#C[C@H]2CC[C@H](c3ccc(OCC)cc3)CC2)cc1. The first kappa shape index (κ1) is 19.6. The van der Waals surface area contributed by atoms with Crippen molar-refractivity contribution >= 4 is 0 Å². The maximum Gasteiger partial charge on any atom is 0.119 e. The molecule has 1 heteroatoms. The van der Waals surface area contributed by atoms with Gasteiger partial charge in [-0.15, -0.1) is 0 Å². The highest BCUT2D eigenvalue weighted by Gasteiger charge is 2.21. The molecule has 1 nitrogen and oxygen atoms in total. The van der Waals surface area contributed by atoms with Crippen molar-refractivity contribution < 1.29 is 4.74 Å². The molecule has 1 saturated carbocycles. The summed E-state index contributed by atoms with van der Waals surface area (Å²) < 4.78 is 5.55. The van der Waals surface area contributed by atoms with E-state index in [4.69, 9.17) is 4.74 Å². The zero-order chi connectivity index (χ0) is 18.9. The molecule has 27 heavy (non-hydrogen) atoms. The van der Waals surface area contributed by atoms with Gasteiger partial charge in [-0.05, 0) is 86.8 Å². The van der Waals surface area contributed by atoms with E-state index >= 15 is 0 Å². The maximum absolute atomic E-state index is 5.55. The lowest BCUT2D eigenvalue weighted by molar-refractivity contribution is 0.339. The predicted molar refractivity (Wildman–Crippen MR) is 114 cm³/mol. The average molecular weight is 361 g/mol. The molecule has 0 N–H and O–H groups in total. The molecule has 0 unspecified atom stereocenters. The number of aryl methyl sites for hydroxylation is 1. The van der Waals surface area contributed by atoms with Crippen molar-refractivity contribution in [2.45, 2.75) is 64.7 Å². The standard InChI is InChI=1S/C26H32O/c1-3-5-6-21-7-9-22(10-8-21)11-12-23-13-15-24(16-14-23)25-17-19-26(20-18-25)27-4-2/h7-10,17-20,23-24H,3-6,13-16H2,1-2H3/t23-,24-. The number of benzene rings is 2. The van der Waals surface area contributed by atoms with Crippen LogP contribution in [0.5, 0.6) is 5.75 Å². The second-order valence-electron chi connectivity index (χ2n) is 7.62. The van der Waals surface area contributed by atoms with Gasteiger partial charge >= 0.3 is 0 Å². The van der Waals surface area contributed by atoms with E-state index in [1.807, 2.05) is 6.92 Å². The van der Waals surface area contributed by atoms with Crippen LogP contribution in [0.3, 0.4) is 0 Å². The summed E-state index contributed by atoms with van der Waals surface area (Å²) in [6.45, 7) is 4.99. The molecule has 0 amide bonds. The Labute approximate surface area is 165 Å². The van der Waals surface area contributed by atoms with E-state index in [1.54, 1.807) is 0 Å². The zero-order valence-corrected chi connectivity index (χ0v) is 16.8. The Hall–Kier alpha value is -2.20. The van der Waals surface area contributed by atoms with Gasteiger partial charge in [-0.2, -0.15) is 0 Å². The van der Waals surface area contributed by atoms with Crippen molar-refractivity contribution in [2.75, 3.05) is 6.61 Å². The van der Waals surface area contributed by atoms with Gasteiger partial charge in [-0.1, -0.05) is 49.5 Å². The summed E-state index contributed by atoms with van der Waals surface area (Å²) in [5.41, 5.74) is 4.04. The molecule has 1 fully saturated rings. The van der Waals surface area contributed by atoms with Crippen LogP contribution >= 0.6 is 0 Å². The van der Waals surface area contributed by atoms with Gasteiger partial charge in [-0.3, -0.25) is 0 Å². The van der Waals surface area contributed by atoms with Gasteiger partial charge in [0, 0.05) is 11.5 Å². The Bertz CT molecular complexity index is 738. The maximum atomic E-state index is 5.55. The third-order valence-electron chi connectivity index (χ3n) is 5.58. The largest absolute Gasteiger partial charge is 0.494 e. The summed E-state index contributed by atoms with van der Waals surface area (Å²) in [6.07, 6.45) is 8.59. The van der Waals surface area contributed by atoms with Crippen LogP contribution in [0.15, 0.2) is 48.5 Å². The summed E-state index contributed by atoms with van der Waals surface area (Å²) in [6, 6.07) is 17.5. The average Bonchev–Trinajstić information content (AvgIpc) is 2.73. The molecule has 0 saturated heterocycles. The second kappa shape index (κ2) is 10.2. The first-order valence-corrected chi connectivity index (χ1v) is 10.6. The van der Waals surface area contributed by atoms with Gasteiger partial charge < -0.3 is 4.74 Å². The smallest absolute Gasteiger partial charge is 0.119 e. The minimum atomic E-state index is 0.545. The second-order valence-corrected chi connectivity index (χ2v) is 7.62. The van der Waals surface area contributed by atoms with Crippen LogP contribution in [0, 0.1) is 17.8 Å². The molecular formula is C26H32O. The Morgan fingerprint density at radius 2 is 1.59 bits per heavy atom. The number of unbranched alkanes of at least 4 members (excludes halogenated alkanes) is 1. The van der Waals surface area contributed by atoms with Crippen LogP contribution in [0.4, 0.5) is 0 Å². The lowest BCUT2D eigenvalue weighted by Gasteiger charge is -2.26. The Morgan fingerprint density at radius 1 is 0.889 bits per heavy atom. The molecule has 0 spiro atoms. The minimum absolute atomic E-state index is 0.545. The quantitative estimate of drug-likeness (QED) is 0.517. The first-order valence-electron chi connectivity index (χ1n) is 10.6. The van der Waals surface area contributed by atoms with E-state index in [1.165, 1.54) is 56.1 Å². The van der Waals surface area contributed by atoms with Crippen LogP contribution in [0.2, 0.25) is 0 Å². The van der Waals surface area contributed by atoms with Crippen LogP contribution in [0.25, 0.3) is 0 Å². The molecule has 3 rings (SSSR count). The van der Waals surface area contributed by atoms with E-state index in [-0.39, 0.29) is 0 Å². The fraction of sp³-hybridized carbons (Fsp3) is 0.462. The normalized spacial score (nSPS) is 19.2. The number of ether oxygens (including phenoxy) is 1. The minimum Gasteiger partial charge on any atom is -0.494 e. The van der Waals surface area contributed by atoms with Gasteiger partial charge in [0.2, 0.25) is 0 Å². The fourth-order valence-electron chi connectivity index (χ4n) is 3.90. The van der Waals surface area contributed by atoms with E-state index in [9.17, 15) is 0 Å². The number of rotatable bonds is 6. The van der Waals surface area contributed by atoms with Gasteiger partial charge in [0.05, 0.1) is 6.61 Å². The topological polar surface area (TPSA) is 9.23 Å². The predicted octanol–water partition coefficient (Wildman–Crippen LogP) is 6.75. The highest BCUT2D eigenvalue weighted by molar-refractivity contribution is 5.37. The lowest BCUT2D eigenvalue weighted by atomic mass is 9.79. The van der Waals surface area contributed by atoms with E-state index < -0.39 is 0 Å². The van der Waals surface area contributed by atoms with E-state index in [0.29, 0.717) is 11.8 Å². The van der Waals surface area contributed by atoms with Crippen molar-refractivity contribution in [2.24, 2.45) is 5.92 Å². The van der Waals surface area contributed by atoms with Crippen molar-refractivity contribution in [3.05, 3.63) is 65.2 Å². The van der Waals surface area contributed by atoms with Crippen molar-refractivity contribution in [1.82, 2.24) is 0 Å². The molecule has 1 aliphatic rings. The Balaban J connectivity index is 1.50. The number of hydrogen-bond donors (Lipinski definition) is 0. The van der Waals surface area contributed by atoms with E-state index in [2.05, 4.69) is 67.3 Å². The summed E-state index contributed by atoms with van der Waals surface area (Å²) in [7, 11) is 0. The third-order valence-corrected chi connectivity index (χ3v) is 5.58. The van der Waals surface area contributed by atoms with E-state index in [0.717, 1.165) is 17.9 Å². The molecule has 0 aromatic heterocycles. The molecule has 2 aromatic rings. The highest BCUT2D eigenvalue weighted by atomic mass is 16.5. The molecular weight excluding hydrogens is 328 g/mol. The van der Waals surface area contributed by atoms with Crippen molar-refractivity contribution in [3.63, 3.8) is 0 Å². The Kier molecular flexibility index (Phi) is 7.40. The third kappa shape index (κ3) is 5.90. The van der Waals surface area contributed by atoms with Crippen molar-refractivity contribution in [1.29, 1.82) is 0 Å². The highest BCUT2D eigenvalue weighted by Crippen LogP contribution is 2.36. The van der Waals surface area contributed by atoms with Crippen LogP contribution < -0.4 is 4.74 Å². The first-order chi connectivity index (χ1) is 13.3. The van der Waals surface area contributed by atoms with Gasteiger partial charge in [-0.25, -0.2) is 0 Å². The summed E-state index contributed by atoms with van der Waals surface area (Å²) in [5.74, 6) is 9.13. The molecule has 2 aromatic carbocycles. The number of hydrogen-bond acceptors (Lipinski definition) is 1. The summed E-state index contributed by atoms with van der Waals surface area (Å²) >= 11 is 0. The molecule has 0 aliphatic heterocycles.